The van der Waals surface area contributed by atoms with Gasteiger partial charge < -0.3 is 15.0 Å². The SMILES string of the molecule is Cc1cc(N(C)C)nc(CNC(=O)c2cccc(Oc3ccc(F)cc3)c2)n1. The zero-order chi connectivity index (χ0) is 20.1. The van der Waals surface area contributed by atoms with Crippen LogP contribution in [0.3, 0.4) is 0 Å². The van der Waals surface area contributed by atoms with Crippen LogP contribution in [0.15, 0.2) is 54.6 Å². The molecule has 28 heavy (non-hydrogen) atoms. The predicted molar refractivity (Wildman–Crippen MR) is 105 cm³/mol. The Morgan fingerprint density at radius 3 is 2.54 bits per heavy atom. The maximum Gasteiger partial charge on any atom is 0.251 e. The Labute approximate surface area is 163 Å². The number of carbonyl (C=O) groups excluding carboxylic acids is 1. The lowest BCUT2D eigenvalue weighted by Crippen LogP contribution is -2.24. The maximum absolute atomic E-state index is 13.0. The Morgan fingerprint density at radius 1 is 1.07 bits per heavy atom. The van der Waals surface area contributed by atoms with Crippen molar-refractivity contribution in [3.05, 3.63) is 77.5 Å². The molecule has 144 valence electrons. The summed E-state index contributed by atoms with van der Waals surface area (Å²) in [4.78, 5) is 23.2. The van der Waals surface area contributed by atoms with Gasteiger partial charge in [0, 0.05) is 31.4 Å². The molecule has 0 spiro atoms. The van der Waals surface area contributed by atoms with Crippen LogP contribution in [0.25, 0.3) is 0 Å². The molecule has 6 nitrogen and oxygen atoms in total. The topological polar surface area (TPSA) is 67.4 Å². The summed E-state index contributed by atoms with van der Waals surface area (Å²) in [6, 6.07) is 14.3. The molecule has 0 saturated heterocycles. The highest BCUT2D eigenvalue weighted by Crippen LogP contribution is 2.22. The van der Waals surface area contributed by atoms with Gasteiger partial charge in [0.15, 0.2) is 0 Å². The number of carbonyl (C=O) groups is 1. The summed E-state index contributed by atoms with van der Waals surface area (Å²) in [5.74, 6) is 1.70. The van der Waals surface area contributed by atoms with Gasteiger partial charge in [-0.1, -0.05) is 6.07 Å². The number of benzene rings is 2. The smallest absolute Gasteiger partial charge is 0.251 e. The molecular weight excluding hydrogens is 359 g/mol. The van der Waals surface area contributed by atoms with Crippen LogP contribution in [0, 0.1) is 12.7 Å². The minimum absolute atomic E-state index is 0.213. The minimum Gasteiger partial charge on any atom is -0.457 e. The Morgan fingerprint density at radius 2 is 1.82 bits per heavy atom. The number of nitrogens with zero attached hydrogens (tertiary/aromatic N) is 3. The van der Waals surface area contributed by atoms with Gasteiger partial charge in [0.25, 0.3) is 5.91 Å². The Bertz CT molecular complexity index is 974. The van der Waals surface area contributed by atoms with Crippen molar-refractivity contribution in [1.29, 1.82) is 0 Å². The molecule has 2 aromatic carbocycles. The van der Waals surface area contributed by atoms with E-state index in [0.29, 0.717) is 22.9 Å². The van der Waals surface area contributed by atoms with Crippen molar-refractivity contribution in [1.82, 2.24) is 15.3 Å². The van der Waals surface area contributed by atoms with Crippen molar-refractivity contribution in [2.24, 2.45) is 0 Å². The highest BCUT2D eigenvalue weighted by Gasteiger charge is 2.10. The monoisotopic (exact) mass is 380 g/mol. The standard InChI is InChI=1S/C21H21FN4O2/c1-14-11-20(26(2)3)25-19(24-14)13-23-21(27)15-5-4-6-18(12-15)28-17-9-7-16(22)8-10-17/h4-12H,13H2,1-3H3,(H,23,27). The van der Waals surface area contributed by atoms with E-state index >= 15 is 0 Å². The molecule has 0 aliphatic carbocycles. The van der Waals surface area contributed by atoms with E-state index in [4.69, 9.17) is 4.74 Å². The highest BCUT2D eigenvalue weighted by molar-refractivity contribution is 5.94. The average molecular weight is 380 g/mol. The van der Waals surface area contributed by atoms with Crippen LogP contribution in [0.4, 0.5) is 10.2 Å². The summed E-state index contributed by atoms with van der Waals surface area (Å²) in [6.07, 6.45) is 0. The molecule has 0 saturated carbocycles. The van der Waals surface area contributed by atoms with Crippen molar-refractivity contribution in [2.45, 2.75) is 13.5 Å². The molecule has 0 aliphatic heterocycles. The summed E-state index contributed by atoms with van der Waals surface area (Å²) in [5.41, 5.74) is 1.28. The summed E-state index contributed by atoms with van der Waals surface area (Å²) in [5, 5.41) is 2.82. The molecule has 1 aromatic heterocycles. The summed E-state index contributed by atoms with van der Waals surface area (Å²) < 4.78 is 18.7. The lowest BCUT2D eigenvalue weighted by atomic mass is 10.2. The van der Waals surface area contributed by atoms with Gasteiger partial charge in [-0.2, -0.15) is 0 Å². The summed E-state index contributed by atoms with van der Waals surface area (Å²) >= 11 is 0. The zero-order valence-electron chi connectivity index (χ0n) is 15.9. The van der Waals surface area contributed by atoms with Gasteiger partial charge in [0.2, 0.25) is 0 Å². The molecular formula is C21H21FN4O2. The summed E-state index contributed by atoms with van der Waals surface area (Å²) in [7, 11) is 3.80. The molecule has 0 aliphatic rings. The number of nitrogens with one attached hydrogen (secondary N) is 1. The van der Waals surface area contributed by atoms with Gasteiger partial charge in [-0.25, -0.2) is 14.4 Å². The molecule has 0 bridgehead atoms. The number of ether oxygens (including phenoxy) is 1. The Balaban J connectivity index is 1.67. The van der Waals surface area contributed by atoms with E-state index in [0.717, 1.165) is 11.5 Å². The fraction of sp³-hybridized carbons (Fsp3) is 0.190. The fourth-order valence-corrected chi connectivity index (χ4v) is 2.52. The van der Waals surface area contributed by atoms with Crippen LogP contribution in [-0.4, -0.2) is 30.0 Å². The van der Waals surface area contributed by atoms with E-state index in [2.05, 4.69) is 15.3 Å². The Kier molecular flexibility index (Phi) is 5.84. The average Bonchev–Trinajstić information content (AvgIpc) is 2.67. The predicted octanol–water partition coefficient (Wildman–Crippen LogP) is 3.71. The van der Waals surface area contributed by atoms with Gasteiger partial charge in [-0.05, 0) is 49.4 Å². The number of hydrogen-bond acceptors (Lipinski definition) is 5. The maximum atomic E-state index is 13.0. The van der Waals surface area contributed by atoms with E-state index in [9.17, 15) is 9.18 Å². The number of amides is 1. The molecule has 0 atom stereocenters. The van der Waals surface area contributed by atoms with E-state index < -0.39 is 0 Å². The van der Waals surface area contributed by atoms with E-state index in [1.54, 1.807) is 24.3 Å². The number of aryl methyl sites for hydroxylation is 1. The summed E-state index contributed by atoms with van der Waals surface area (Å²) in [6.45, 7) is 2.10. The van der Waals surface area contributed by atoms with Gasteiger partial charge in [0.1, 0.15) is 29.0 Å². The quantitative estimate of drug-likeness (QED) is 0.706. The van der Waals surface area contributed by atoms with Gasteiger partial charge in [-0.3, -0.25) is 4.79 Å². The van der Waals surface area contributed by atoms with E-state index in [1.165, 1.54) is 24.3 Å². The van der Waals surface area contributed by atoms with Crippen LogP contribution in [0.2, 0.25) is 0 Å². The Hall–Kier alpha value is -3.48. The first-order valence-electron chi connectivity index (χ1n) is 8.74. The third kappa shape index (κ3) is 5.03. The van der Waals surface area contributed by atoms with Crippen molar-refractivity contribution < 1.29 is 13.9 Å². The molecule has 0 unspecified atom stereocenters. The fourth-order valence-electron chi connectivity index (χ4n) is 2.52. The molecule has 1 heterocycles. The minimum atomic E-state index is -0.337. The van der Waals surface area contributed by atoms with Crippen LogP contribution in [-0.2, 0) is 6.54 Å². The molecule has 7 heteroatoms. The molecule has 0 fully saturated rings. The van der Waals surface area contributed by atoms with E-state index in [1.807, 2.05) is 32.0 Å². The van der Waals surface area contributed by atoms with Gasteiger partial charge in [0.05, 0.1) is 6.54 Å². The number of rotatable bonds is 6. The molecule has 3 aromatic rings. The first kappa shape index (κ1) is 19.3. The first-order chi connectivity index (χ1) is 13.4. The van der Waals surface area contributed by atoms with Gasteiger partial charge in [-0.15, -0.1) is 0 Å². The third-order valence-electron chi connectivity index (χ3n) is 3.90. The number of anilines is 1. The second-order valence-corrected chi connectivity index (χ2v) is 6.44. The second kappa shape index (κ2) is 8.47. The molecule has 0 radical (unpaired) electrons. The third-order valence-corrected chi connectivity index (χ3v) is 3.90. The van der Waals surface area contributed by atoms with Crippen LogP contribution in [0.1, 0.15) is 21.9 Å². The largest absolute Gasteiger partial charge is 0.457 e. The first-order valence-corrected chi connectivity index (χ1v) is 8.74. The highest BCUT2D eigenvalue weighted by atomic mass is 19.1. The van der Waals surface area contributed by atoms with Crippen LogP contribution < -0.4 is 15.0 Å². The molecule has 1 N–H and O–H groups in total. The van der Waals surface area contributed by atoms with E-state index in [-0.39, 0.29) is 18.3 Å². The van der Waals surface area contributed by atoms with Gasteiger partial charge >= 0.3 is 0 Å². The zero-order valence-corrected chi connectivity index (χ0v) is 15.9. The second-order valence-electron chi connectivity index (χ2n) is 6.44. The number of hydrogen-bond donors (Lipinski definition) is 1. The van der Waals surface area contributed by atoms with Crippen molar-refractivity contribution in [2.75, 3.05) is 19.0 Å². The van der Waals surface area contributed by atoms with Crippen LogP contribution >= 0.6 is 0 Å². The van der Waals surface area contributed by atoms with Crippen molar-refractivity contribution in [3.8, 4) is 11.5 Å². The number of aromatic nitrogens is 2. The van der Waals surface area contributed by atoms with Crippen LogP contribution in [0.5, 0.6) is 11.5 Å². The molecule has 1 amide bonds. The molecule has 3 rings (SSSR count). The van der Waals surface area contributed by atoms with Crippen molar-refractivity contribution >= 4 is 11.7 Å². The normalized spacial score (nSPS) is 10.4. The number of halogens is 1. The van der Waals surface area contributed by atoms with Crippen molar-refractivity contribution in [3.63, 3.8) is 0 Å². The lowest BCUT2D eigenvalue weighted by Gasteiger charge is -2.13. The lowest BCUT2D eigenvalue weighted by molar-refractivity contribution is 0.0949.